The smallest absolute Gasteiger partial charge is 0.141 e. The molecule has 0 radical (unpaired) electrons. The molecule has 0 saturated carbocycles. The van der Waals surface area contributed by atoms with E-state index in [0.29, 0.717) is 0 Å². The number of rotatable bonds is 3. The van der Waals surface area contributed by atoms with E-state index >= 15 is 0 Å². The summed E-state index contributed by atoms with van der Waals surface area (Å²) in [7, 11) is 1.99. The SMILES string of the molecule is CCCc1csc(-c2cncn2C)n1. The predicted molar refractivity (Wildman–Crippen MR) is 58.3 cm³/mol. The lowest BCUT2D eigenvalue weighted by Crippen LogP contribution is -1.89. The van der Waals surface area contributed by atoms with Crippen LogP contribution in [0.3, 0.4) is 0 Å². The van der Waals surface area contributed by atoms with E-state index < -0.39 is 0 Å². The second kappa shape index (κ2) is 3.92. The Morgan fingerprint density at radius 2 is 2.36 bits per heavy atom. The fraction of sp³-hybridized carbons (Fsp3) is 0.400. The maximum atomic E-state index is 4.56. The Morgan fingerprint density at radius 3 is 3.00 bits per heavy atom. The Hall–Kier alpha value is -1.16. The third-order valence-corrected chi connectivity index (χ3v) is 3.01. The van der Waals surface area contributed by atoms with Crippen molar-refractivity contribution in [3.63, 3.8) is 0 Å². The summed E-state index contributed by atoms with van der Waals surface area (Å²) >= 11 is 1.69. The quantitative estimate of drug-likeness (QED) is 0.774. The third-order valence-electron chi connectivity index (χ3n) is 2.09. The minimum Gasteiger partial charge on any atom is -0.332 e. The molecule has 0 spiro atoms. The number of hydrogen-bond donors (Lipinski definition) is 0. The molecule has 74 valence electrons. The number of hydrogen-bond acceptors (Lipinski definition) is 3. The normalized spacial score (nSPS) is 10.7. The van der Waals surface area contributed by atoms with E-state index in [2.05, 4.69) is 22.3 Å². The Morgan fingerprint density at radius 1 is 1.50 bits per heavy atom. The van der Waals surface area contributed by atoms with E-state index in [0.717, 1.165) is 23.5 Å². The lowest BCUT2D eigenvalue weighted by atomic mass is 10.3. The van der Waals surface area contributed by atoms with Gasteiger partial charge >= 0.3 is 0 Å². The van der Waals surface area contributed by atoms with Crippen molar-refractivity contribution in [2.75, 3.05) is 0 Å². The predicted octanol–water partition coefficient (Wildman–Crippen LogP) is 2.50. The average Bonchev–Trinajstić information content (AvgIpc) is 2.74. The Balaban J connectivity index is 2.29. The Kier molecular flexibility index (Phi) is 2.63. The van der Waals surface area contributed by atoms with Gasteiger partial charge in [0.2, 0.25) is 0 Å². The van der Waals surface area contributed by atoms with Crippen LogP contribution in [0.25, 0.3) is 10.7 Å². The zero-order valence-electron chi connectivity index (χ0n) is 8.40. The van der Waals surface area contributed by atoms with Crippen LogP contribution < -0.4 is 0 Å². The summed E-state index contributed by atoms with van der Waals surface area (Å²) in [6.45, 7) is 2.17. The molecule has 0 aliphatic carbocycles. The van der Waals surface area contributed by atoms with Crippen LogP contribution in [0.4, 0.5) is 0 Å². The molecule has 14 heavy (non-hydrogen) atoms. The molecule has 0 aliphatic heterocycles. The van der Waals surface area contributed by atoms with Gasteiger partial charge in [-0.15, -0.1) is 11.3 Å². The first-order valence-corrected chi connectivity index (χ1v) is 5.60. The fourth-order valence-electron chi connectivity index (χ4n) is 1.36. The van der Waals surface area contributed by atoms with Gasteiger partial charge in [-0.2, -0.15) is 0 Å². The van der Waals surface area contributed by atoms with Crippen molar-refractivity contribution in [3.05, 3.63) is 23.6 Å². The summed E-state index contributed by atoms with van der Waals surface area (Å²) in [4.78, 5) is 8.64. The summed E-state index contributed by atoms with van der Waals surface area (Å²) in [5, 5.41) is 3.19. The van der Waals surface area contributed by atoms with Crippen LogP contribution in [-0.2, 0) is 13.5 Å². The van der Waals surface area contributed by atoms with Crippen LogP contribution in [0.2, 0.25) is 0 Å². The summed E-state index contributed by atoms with van der Waals surface area (Å²) in [5.74, 6) is 0. The molecule has 0 saturated heterocycles. The molecule has 2 aromatic heterocycles. The van der Waals surface area contributed by atoms with Crippen molar-refractivity contribution in [2.24, 2.45) is 7.05 Å². The van der Waals surface area contributed by atoms with Gasteiger partial charge in [0.15, 0.2) is 0 Å². The van der Waals surface area contributed by atoms with Crippen LogP contribution in [-0.4, -0.2) is 14.5 Å². The standard InChI is InChI=1S/C10H13N3S/c1-3-4-8-6-14-10(12-8)9-5-11-7-13(9)2/h5-7H,3-4H2,1-2H3. The maximum absolute atomic E-state index is 4.56. The number of imidazole rings is 1. The first-order chi connectivity index (χ1) is 6.81. The van der Waals surface area contributed by atoms with Crippen LogP contribution in [0.5, 0.6) is 0 Å². The molecule has 0 N–H and O–H groups in total. The molecule has 2 heterocycles. The van der Waals surface area contributed by atoms with Gasteiger partial charge in [-0.25, -0.2) is 9.97 Å². The van der Waals surface area contributed by atoms with Crippen molar-refractivity contribution in [2.45, 2.75) is 19.8 Å². The van der Waals surface area contributed by atoms with Gasteiger partial charge in [0.1, 0.15) is 5.01 Å². The van der Waals surface area contributed by atoms with Crippen molar-refractivity contribution in [1.82, 2.24) is 14.5 Å². The molecule has 0 amide bonds. The number of aromatic nitrogens is 3. The lowest BCUT2D eigenvalue weighted by molar-refractivity contribution is 0.886. The first-order valence-electron chi connectivity index (χ1n) is 4.72. The number of aryl methyl sites for hydroxylation is 2. The summed E-state index contributed by atoms with van der Waals surface area (Å²) in [6.07, 6.45) is 5.87. The van der Waals surface area contributed by atoms with Crippen molar-refractivity contribution >= 4 is 11.3 Å². The number of thiazole rings is 1. The van der Waals surface area contributed by atoms with Gasteiger partial charge in [-0.05, 0) is 6.42 Å². The van der Waals surface area contributed by atoms with Crippen molar-refractivity contribution in [1.29, 1.82) is 0 Å². The van der Waals surface area contributed by atoms with Gasteiger partial charge < -0.3 is 4.57 Å². The van der Waals surface area contributed by atoms with E-state index in [9.17, 15) is 0 Å². The molecule has 2 aromatic rings. The fourth-order valence-corrected chi connectivity index (χ4v) is 2.26. The van der Waals surface area contributed by atoms with Crippen molar-refractivity contribution in [3.8, 4) is 10.7 Å². The molecule has 0 aliphatic rings. The topological polar surface area (TPSA) is 30.7 Å². The molecule has 0 aromatic carbocycles. The highest BCUT2D eigenvalue weighted by atomic mass is 32.1. The Bertz CT molecular complexity index is 416. The van der Waals surface area contributed by atoms with Crippen molar-refractivity contribution < 1.29 is 0 Å². The highest BCUT2D eigenvalue weighted by molar-refractivity contribution is 7.13. The average molecular weight is 207 g/mol. The molecule has 3 nitrogen and oxygen atoms in total. The van der Waals surface area contributed by atoms with E-state index in [1.807, 2.05) is 17.8 Å². The molecule has 4 heteroatoms. The third kappa shape index (κ3) is 1.70. The van der Waals surface area contributed by atoms with E-state index in [-0.39, 0.29) is 0 Å². The van der Waals surface area contributed by atoms with E-state index in [1.165, 1.54) is 5.69 Å². The van der Waals surface area contributed by atoms with Crippen LogP contribution in [0, 0.1) is 0 Å². The minimum atomic E-state index is 1.06. The molecule has 0 fully saturated rings. The van der Waals surface area contributed by atoms with Gasteiger partial charge in [0.05, 0.1) is 23.9 Å². The largest absolute Gasteiger partial charge is 0.332 e. The second-order valence-corrected chi connectivity index (χ2v) is 4.14. The lowest BCUT2D eigenvalue weighted by Gasteiger charge is -1.95. The monoisotopic (exact) mass is 207 g/mol. The van der Waals surface area contributed by atoms with Gasteiger partial charge in [0, 0.05) is 12.4 Å². The van der Waals surface area contributed by atoms with E-state index in [1.54, 1.807) is 17.7 Å². The molecule has 0 unspecified atom stereocenters. The van der Waals surface area contributed by atoms with E-state index in [4.69, 9.17) is 0 Å². The summed E-state index contributed by atoms with van der Waals surface area (Å²) in [5.41, 5.74) is 2.28. The van der Waals surface area contributed by atoms with Gasteiger partial charge in [0.25, 0.3) is 0 Å². The second-order valence-electron chi connectivity index (χ2n) is 3.28. The zero-order valence-corrected chi connectivity index (χ0v) is 9.21. The maximum Gasteiger partial charge on any atom is 0.141 e. The van der Waals surface area contributed by atoms with Crippen LogP contribution in [0.1, 0.15) is 19.0 Å². The van der Waals surface area contributed by atoms with Gasteiger partial charge in [-0.1, -0.05) is 13.3 Å². The summed E-state index contributed by atoms with van der Waals surface area (Å²) in [6, 6.07) is 0. The molecule has 2 rings (SSSR count). The molecular weight excluding hydrogens is 194 g/mol. The number of nitrogens with zero attached hydrogens (tertiary/aromatic N) is 3. The highest BCUT2D eigenvalue weighted by Crippen LogP contribution is 2.23. The minimum absolute atomic E-state index is 1.06. The summed E-state index contributed by atoms with van der Waals surface area (Å²) < 4.78 is 1.99. The van der Waals surface area contributed by atoms with Gasteiger partial charge in [-0.3, -0.25) is 0 Å². The van der Waals surface area contributed by atoms with Crippen LogP contribution >= 0.6 is 11.3 Å². The molecular formula is C10H13N3S. The van der Waals surface area contributed by atoms with Crippen LogP contribution in [0.15, 0.2) is 17.9 Å². The Labute approximate surface area is 87.4 Å². The zero-order chi connectivity index (χ0) is 9.97. The highest BCUT2D eigenvalue weighted by Gasteiger charge is 2.06. The molecule has 0 atom stereocenters. The first kappa shape index (κ1) is 9.40. The molecule has 0 bridgehead atoms.